The molecule has 0 radical (unpaired) electrons. The molecule has 5 heterocycles. The Balaban J connectivity index is 0.00000431. The van der Waals surface area contributed by atoms with Gasteiger partial charge in [0, 0.05) is 24.8 Å². The molecule has 6 nitrogen and oxygen atoms in total. The summed E-state index contributed by atoms with van der Waals surface area (Å²) in [5.41, 5.74) is 28.8. The number of benzene rings is 13. The van der Waals surface area contributed by atoms with Gasteiger partial charge in [-0.3, -0.25) is 9.97 Å². The number of hydrogen-bond acceptors (Lipinski definition) is 6. The fraction of sp³-hybridized carbons (Fsp3) is 0.0816. The van der Waals surface area contributed by atoms with Crippen LogP contribution in [0.3, 0.4) is 0 Å². The summed E-state index contributed by atoms with van der Waals surface area (Å²) in [6.07, 6.45) is 16.1. The van der Waals surface area contributed by atoms with E-state index in [4.69, 9.17) is 9.97 Å². The van der Waals surface area contributed by atoms with Crippen molar-refractivity contribution in [3.63, 3.8) is 0 Å². The molecule has 0 aliphatic heterocycles. The Labute approximate surface area is 645 Å². The molecule has 18 rings (SSSR count). The van der Waals surface area contributed by atoms with Crippen LogP contribution in [-0.4, -0.2) is 29.9 Å². The molecule has 0 saturated heterocycles. The number of nitrogens with zero attached hydrogens (tertiary/aromatic N) is 6. The predicted molar refractivity (Wildman–Crippen MR) is 424 cm³/mol. The molecular weight excluding hydrogens is 1650 g/mol. The van der Waals surface area contributed by atoms with Crippen LogP contribution in [0.15, 0.2) is 304 Å². The van der Waals surface area contributed by atoms with Gasteiger partial charge in [-0.15, -0.1) is 189 Å². The van der Waals surface area contributed by atoms with Gasteiger partial charge < -0.3 is 19.9 Å². The third kappa shape index (κ3) is 14.3. The van der Waals surface area contributed by atoms with E-state index in [1.54, 1.807) is 6.33 Å². The molecule has 0 spiro atoms. The average molecular weight is 1710 g/mol. The normalized spacial score (nSPS) is 11.4. The van der Waals surface area contributed by atoms with Crippen LogP contribution < -0.4 is 0 Å². The van der Waals surface area contributed by atoms with E-state index in [0.29, 0.717) is 0 Å². The van der Waals surface area contributed by atoms with Crippen molar-refractivity contribution in [1.29, 1.82) is 0 Å². The summed E-state index contributed by atoms with van der Waals surface area (Å²) < 4.78 is 0. The topological polar surface area (TPSA) is 77.3 Å². The van der Waals surface area contributed by atoms with Crippen molar-refractivity contribution in [3.8, 4) is 89.5 Å². The molecule has 8 heteroatoms. The van der Waals surface area contributed by atoms with Crippen molar-refractivity contribution in [3.05, 3.63) is 385 Å². The molecule has 0 N–H and O–H groups in total. The van der Waals surface area contributed by atoms with Crippen molar-refractivity contribution in [1.82, 2.24) is 29.9 Å². The first-order valence-corrected chi connectivity index (χ1v) is 35.7. The van der Waals surface area contributed by atoms with Crippen LogP contribution in [0, 0.1) is 36.4 Å². The standard InChI is InChI=1S/C98H66N6.2Ir/c1-3-16-83(79-58-69(28-24-65-32-40-73(41-33-65)91-20-5-9-52-99-91)56-70(59-79)29-25-66-34-42-74(43-35-66)92-21-6-10-53-100-92)81(14-1)77-48-50-87-89(62-77)85-18-13-19-86-90-63-78(49-51-88(90)98-96(95(85)86)97(87)103-64-104-98)82-15-2-4-17-84(82)80-60-71(30-26-67-36-44-75(45-37-67)93-22-7-11-54-101-93)57-72(61-80)31-27-68-38-46-76(47-39-68)94-23-8-12-55-102-94;;/h1-23,32-40,42,44,46,48-49,52-64H,24-31H2;;/q-6;2*+3. The van der Waals surface area contributed by atoms with Gasteiger partial charge in [-0.05, 0) is 134 Å². The molecule has 506 valence electrons. The SMILES string of the molecule is [Ir+3].[Ir+3].[c-]1cc(CCc2cc(CCc3c[c-]c(-c4ccccn4)cc3)cc(-c3ccccc3-c3c[c-]c4c(c3)c3cccc5c6cc(-c7ccccc7-c7cc(CCc8c[c-]c(-c9ccccn9)cc8)cc(CCc8c[c-]c(-c9ccccn9)cc8)c7)c[c-]c6c6ncnc4c6c35)c2)ccc1-c1ccccn1. The quantitative estimate of drug-likeness (QED) is 0.0430. The Morgan fingerprint density at radius 1 is 0.226 bits per heavy atom. The van der Waals surface area contributed by atoms with E-state index in [1.807, 2.05) is 97.6 Å². The molecule has 106 heavy (non-hydrogen) atoms. The van der Waals surface area contributed by atoms with E-state index in [2.05, 4.69) is 257 Å². The van der Waals surface area contributed by atoms with Crippen LogP contribution in [0.1, 0.15) is 44.5 Å². The van der Waals surface area contributed by atoms with E-state index in [-0.39, 0.29) is 40.2 Å². The van der Waals surface area contributed by atoms with Gasteiger partial charge in [-0.2, -0.15) is 0 Å². The molecule has 18 aromatic rings. The number of aromatic nitrogens is 6. The first kappa shape index (κ1) is 68.8. The van der Waals surface area contributed by atoms with Crippen molar-refractivity contribution >= 4 is 54.1 Å². The van der Waals surface area contributed by atoms with Gasteiger partial charge in [0.15, 0.2) is 0 Å². The molecule has 0 aliphatic rings. The van der Waals surface area contributed by atoms with Crippen LogP contribution in [0.4, 0.5) is 0 Å². The second-order valence-electron chi connectivity index (χ2n) is 27.0. The second kappa shape index (κ2) is 31.0. The molecule has 5 aromatic heterocycles. The smallest absolute Gasteiger partial charge is 0.305 e. The summed E-state index contributed by atoms with van der Waals surface area (Å²) in [5.74, 6) is 0. The van der Waals surface area contributed by atoms with Gasteiger partial charge in [-0.1, -0.05) is 227 Å². The van der Waals surface area contributed by atoms with E-state index in [0.717, 1.165) is 173 Å². The van der Waals surface area contributed by atoms with Gasteiger partial charge in [0.2, 0.25) is 0 Å². The molecule has 13 aromatic carbocycles. The summed E-state index contributed by atoms with van der Waals surface area (Å²) in [7, 11) is 0. The average Bonchev–Trinajstić information content (AvgIpc) is 0.701. The Morgan fingerprint density at radius 3 is 0.840 bits per heavy atom. The van der Waals surface area contributed by atoms with Crippen LogP contribution in [0.2, 0.25) is 0 Å². The zero-order chi connectivity index (χ0) is 69.1. The second-order valence-corrected chi connectivity index (χ2v) is 27.0. The van der Waals surface area contributed by atoms with Crippen LogP contribution >= 0.6 is 0 Å². The zero-order valence-electron chi connectivity index (χ0n) is 57.9. The van der Waals surface area contributed by atoms with Crippen molar-refractivity contribution in [2.75, 3.05) is 0 Å². The Bertz CT molecular complexity index is 5540. The van der Waals surface area contributed by atoms with Crippen molar-refractivity contribution < 1.29 is 40.2 Å². The number of fused-ring (bicyclic) bond motifs is 6. The zero-order valence-corrected chi connectivity index (χ0v) is 62.7. The van der Waals surface area contributed by atoms with Crippen LogP contribution in [0.5, 0.6) is 0 Å². The van der Waals surface area contributed by atoms with Gasteiger partial charge in [0.25, 0.3) is 0 Å². The molecule has 0 fully saturated rings. The maximum atomic E-state index is 5.11. The fourth-order valence-corrected chi connectivity index (χ4v) is 15.1. The van der Waals surface area contributed by atoms with Crippen LogP contribution in [0.25, 0.3) is 144 Å². The van der Waals surface area contributed by atoms with E-state index in [1.165, 1.54) is 66.8 Å². The summed E-state index contributed by atoms with van der Waals surface area (Å²) in [4.78, 5) is 28.5. The van der Waals surface area contributed by atoms with E-state index >= 15 is 0 Å². The fourth-order valence-electron chi connectivity index (χ4n) is 15.1. The number of hydrogen-bond donors (Lipinski definition) is 0. The predicted octanol–water partition coefficient (Wildman–Crippen LogP) is 22.5. The first-order valence-electron chi connectivity index (χ1n) is 35.7. The molecule has 0 amide bonds. The first-order chi connectivity index (χ1) is 51.5. The Hall–Kier alpha value is -11.6. The van der Waals surface area contributed by atoms with E-state index < -0.39 is 0 Å². The summed E-state index contributed by atoms with van der Waals surface area (Å²) >= 11 is 0. The molecule has 0 bridgehead atoms. The summed E-state index contributed by atoms with van der Waals surface area (Å²) in [6.45, 7) is 0. The summed E-state index contributed by atoms with van der Waals surface area (Å²) in [5, 5.41) is 8.60. The third-order valence-corrected chi connectivity index (χ3v) is 20.4. The van der Waals surface area contributed by atoms with E-state index in [9.17, 15) is 0 Å². The Kier molecular flexibility index (Phi) is 20.1. The van der Waals surface area contributed by atoms with Crippen molar-refractivity contribution in [2.24, 2.45) is 0 Å². The molecule has 0 atom stereocenters. The van der Waals surface area contributed by atoms with Crippen LogP contribution in [-0.2, 0) is 91.6 Å². The number of pyridine rings is 4. The molecule has 0 saturated carbocycles. The maximum Gasteiger partial charge on any atom is 3.00 e. The van der Waals surface area contributed by atoms with Gasteiger partial charge in [0.1, 0.15) is 0 Å². The summed E-state index contributed by atoms with van der Waals surface area (Å²) in [6, 6.07) is 120. The monoisotopic (exact) mass is 1710 g/mol. The number of aryl methyl sites for hydroxylation is 8. The number of rotatable bonds is 20. The molecule has 0 aliphatic carbocycles. The minimum atomic E-state index is 0. The minimum Gasteiger partial charge on any atom is -0.305 e. The Morgan fingerprint density at radius 2 is 0.538 bits per heavy atom. The molecule has 0 unspecified atom stereocenters. The minimum absolute atomic E-state index is 0. The molecular formula is C98H66Ir2N6. The largest absolute Gasteiger partial charge is 3.00 e. The van der Waals surface area contributed by atoms with Crippen molar-refractivity contribution in [2.45, 2.75) is 51.4 Å². The van der Waals surface area contributed by atoms with Gasteiger partial charge >= 0.3 is 40.2 Å². The van der Waals surface area contributed by atoms with Gasteiger partial charge in [0.05, 0.1) is 6.33 Å². The maximum absolute atomic E-state index is 5.11. The van der Waals surface area contributed by atoms with Gasteiger partial charge in [-0.25, -0.2) is 0 Å². The third-order valence-electron chi connectivity index (χ3n) is 20.4.